The Hall–Kier alpha value is -0.650. The lowest BCUT2D eigenvalue weighted by Crippen LogP contribution is -2.29. The van der Waals surface area contributed by atoms with Gasteiger partial charge in [0.25, 0.3) is 0 Å². The number of sulfonamides is 1. The Morgan fingerprint density at radius 1 is 1.35 bits per heavy atom. The van der Waals surface area contributed by atoms with Crippen molar-refractivity contribution in [1.29, 1.82) is 0 Å². The first-order valence-electron chi connectivity index (χ1n) is 5.36. The average Bonchev–Trinajstić information content (AvgIpc) is 2.35. The van der Waals surface area contributed by atoms with Crippen molar-refractivity contribution >= 4 is 26.0 Å². The molecule has 1 unspecified atom stereocenters. The van der Waals surface area contributed by atoms with Crippen LogP contribution in [0.15, 0.2) is 47.9 Å². The summed E-state index contributed by atoms with van der Waals surface area (Å²) in [6.45, 7) is 4.01. The summed E-state index contributed by atoms with van der Waals surface area (Å²) >= 11 is 3.43. The predicted molar refractivity (Wildman–Crippen MR) is 73.8 cm³/mol. The van der Waals surface area contributed by atoms with Crippen molar-refractivity contribution in [2.45, 2.75) is 22.6 Å². The van der Waals surface area contributed by atoms with Gasteiger partial charge in [-0.3, -0.25) is 0 Å². The van der Waals surface area contributed by atoms with Crippen LogP contribution in [0.1, 0.15) is 12.8 Å². The topological polar surface area (TPSA) is 46.2 Å². The fourth-order valence-electron chi connectivity index (χ4n) is 1.28. The van der Waals surface area contributed by atoms with Crippen LogP contribution in [0.4, 0.5) is 0 Å². The van der Waals surface area contributed by atoms with Gasteiger partial charge >= 0.3 is 0 Å². The number of halogens is 1. The molecule has 0 heterocycles. The molecule has 3 nitrogen and oxygen atoms in total. The minimum atomic E-state index is -3.39. The maximum atomic E-state index is 11.9. The van der Waals surface area contributed by atoms with Gasteiger partial charge in [0, 0.05) is 11.4 Å². The Kier molecular flexibility index (Phi) is 5.88. The highest BCUT2D eigenvalue weighted by Crippen LogP contribution is 2.10. The van der Waals surface area contributed by atoms with Crippen molar-refractivity contribution in [2.75, 3.05) is 6.54 Å². The number of rotatable bonds is 7. The monoisotopic (exact) mass is 317 g/mol. The summed E-state index contributed by atoms with van der Waals surface area (Å²) in [5.74, 6) is 0. The summed E-state index contributed by atoms with van der Waals surface area (Å²) in [5.41, 5.74) is 0. The van der Waals surface area contributed by atoms with Gasteiger partial charge in [-0.15, -0.1) is 6.58 Å². The maximum absolute atomic E-state index is 11.9. The fourth-order valence-corrected chi connectivity index (χ4v) is 3.03. The van der Waals surface area contributed by atoms with E-state index in [2.05, 4.69) is 27.2 Å². The number of nitrogens with one attached hydrogen (secondary N) is 1. The van der Waals surface area contributed by atoms with Crippen LogP contribution in [-0.2, 0) is 10.0 Å². The summed E-state index contributed by atoms with van der Waals surface area (Å²) < 4.78 is 26.3. The van der Waals surface area contributed by atoms with E-state index in [1.807, 2.05) is 6.08 Å². The van der Waals surface area contributed by atoms with Gasteiger partial charge in [0.15, 0.2) is 0 Å². The van der Waals surface area contributed by atoms with Crippen LogP contribution in [-0.4, -0.2) is 19.8 Å². The lowest BCUT2D eigenvalue weighted by atomic mass is 10.2. The molecule has 1 rings (SSSR count). The predicted octanol–water partition coefficient (Wildman–Crippen LogP) is 2.69. The molecule has 0 amide bonds. The Morgan fingerprint density at radius 2 is 2.00 bits per heavy atom. The van der Waals surface area contributed by atoms with Gasteiger partial charge in [-0.1, -0.05) is 40.2 Å². The highest BCUT2D eigenvalue weighted by Gasteiger charge is 2.14. The number of alkyl halides is 1. The highest BCUT2D eigenvalue weighted by molar-refractivity contribution is 9.09. The van der Waals surface area contributed by atoms with Crippen LogP contribution in [0.5, 0.6) is 0 Å². The van der Waals surface area contributed by atoms with Gasteiger partial charge in [-0.2, -0.15) is 0 Å². The third-order valence-electron chi connectivity index (χ3n) is 2.23. The lowest BCUT2D eigenvalue weighted by molar-refractivity contribution is 0.579. The molecule has 1 aromatic carbocycles. The number of benzene rings is 1. The number of hydrogen-bond donors (Lipinski definition) is 1. The van der Waals surface area contributed by atoms with Crippen molar-refractivity contribution in [2.24, 2.45) is 0 Å². The average molecular weight is 318 g/mol. The molecule has 1 atom stereocenters. The molecule has 0 saturated carbocycles. The molecule has 0 bridgehead atoms. The van der Waals surface area contributed by atoms with Crippen molar-refractivity contribution < 1.29 is 8.42 Å². The molecule has 0 aliphatic heterocycles. The quantitative estimate of drug-likeness (QED) is 0.621. The second-order valence-corrected chi connectivity index (χ2v) is 6.69. The Labute approximate surface area is 111 Å². The Morgan fingerprint density at radius 3 is 2.59 bits per heavy atom. The second-order valence-electron chi connectivity index (χ2n) is 3.63. The van der Waals surface area contributed by atoms with Crippen LogP contribution >= 0.6 is 15.9 Å². The number of allylic oxidation sites excluding steroid dienone is 1. The molecule has 0 fully saturated rings. The van der Waals surface area contributed by atoms with Gasteiger partial charge < -0.3 is 0 Å². The minimum absolute atomic E-state index is 0.124. The molecule has 94 valence electrons. The van der Waals surface area contributed by atoms with E-state index < -0.39 is 10.0 Å². The van der Waals surface area contributed by atoms with Gasteiger partial charge in [0.2, 0.25) is 10.0 Å². The first-order chi connectivity index (χ1) is 8.06. The van der Waals surface area contributed by atoms with Crippen LogP contribution in [0.3, 0.4) is 0 Å². The van der Waals surface area contributed by atoms with E-state index in [0.717, 1.165) is 12.8 Å². The van der Waals surface area contributed by atoms with E-state index in [1.165, 1.54) is 0 Å². The Bertz CT molecular complexity index is 445. The van der Waals surface area contributed by atoms with Crippen molar-refractivity contribution in [3.63, 3.8) is 0 Å². The summed E-state index contributed by atoms with van der Waals surface area (Å²) in [7, 11) is -3.39. The first kappa shape index (κ1) is 14.4. The third kappa shape index (κ3) is 5.02. The minimum Gasteiger partial charge on any atom is -0.210 e. The highest BCUT2D eigenvalue weighted by atomic mass is 79.9. The molecular weight excluding hydrogens is 302 g/mol. The standard InChI is InChI=1S/C12H16BrNO2S/c1-2-3-7-11(13)10-14-17(15,16)12-8-5-4-6-9-12/h2,4-6,8-9,11,14H,1,3,7,10H2. The molecule has 5 heteroatoms. The summed E-state index contributed by atoms with van der Waals surface area (Å²) in [6, 6.07) is 8.36. The molecule has 0 aliphatic rings. The molecule has 1 N–H and O–H groups in total. The van der Waals surface area contributed by atoms with E-state index in [1.54, 1.807) is 30.3 Å². The second kappa shape index (κ2) is 6.93. The van der Waals surface area contributed by atoms with Crippen molar-refractivity contribution in [3.8, 4) is 0 Å². The zero-order valence-corrected chi connectivity index (χ0v) is 11.9. The summed E-state index contributed by atoms with van der Waals surface area (Å²) in [5, 5.41) is 0. The lowest BCUT2D eigenvalue weighted by Gasteiger charge is -2.10. The van der Waals surface area contributed by atoms with Crippen LogP contribution in [0.25, 0.3) is 0 Å². The summed E-state index contributed by atoms with van der Waals surface area (Å²) in [6.07, 6.45) is 3.55. The third-order valence-corrected chi connectivity index (χ3v) is 4.45. The smallest absolute Gasteiger partial charge is 0.210 e. The molecule has 1 aromatic rings. The van der Waals surface area contributed by atoms with Crippen molar-refractivity contribution in [3.05, 3.63) is 43.0 Å². The van der Waals surface area contributed by atoms with Crippen LogP contribution in [0.2, 0.25) is 0 Å². The molecule has 0 aromatic heterocycles. The zero-order chi connectivity index (χ0) is 12.7. The SMILES string of the molecule is C=CCCC(Br)CNS(=O)(=O)c1ccccc1. The van der Waals surface area contributed by atoms with E-state index >= 15 is 0 Å². The maximum Gasteiger partial charge on any atom is 0.240 e. The van der Waals surface area contributed by atoms with E-state index in [-0.39, 0.29) is 4.83 Å². The molecule has 0 spiro atoms. The molecule has 0 radical (unpaired) electrons. The normalized spacial score (nSPS) is 13.2. The zero-order valence-electron chi connectivity index (χ0n) is 9.47. The van der Waals surface area contributed by atoms with Gasteiger partial charge in [0.05, 0.1) is 4.90 Å². The Balaban J connectivity index is 2.54. The van der Waals surface area contributed by atoms with Crippen molar-refractivity contribution in [1.82, 2.24) is 4.72 Å². The van der Waals surface area contributed by atoms with E-state index in [4.69, 9.17) is 0 Å². The van der Waals surface area contributed by atoms with Crippen LogP contribution in [0, 0.1) is 0 Å². The number of hydrogen-bond acceptors (Lipinski definition) is 2. The van der Waals surface area contributed by atoms with Gasteiger partial charge in [-0.05, 0) is 25.0 Å². The van der Waals surface area contributed by atoms with Gasteiger partial charge in [-0.25, -0.2) is 13.1 Å². The molecular formula is C12H16BrNO2S. The van der Waals surface area contributed by atoms with Gasteiger partial charge in [0.1, 0.15) is 0 Å². The molecule has 17 heavy (non-hydrogen) atoms. The molecule has 0 aliphatic carbocycles. The first-order valence-corrected chi connectivity index (χ1v) is 7.76. The molecule has 0 saturated heterocycles. The van der Waals surface area contributed by atoms with Crippen LogP contribution < -0.4 is 4.72 Å². The largest absolute Gasteiger partial charge is 0.240 e. The van der Waals surface area contributed by atoms with E-state index in [0.29, 0.717) is 11.4 Å². The van der Waals surface area contributed by atoms with E-state index in [9.17, 15) is 8.42 Å². The summed E-state index contributed by atoms with van der Waals surface area (Å²) in [4.78, 5) is 0.419. The fraction of sp³-hybridized carbons (Fsp3) is 0.333.